The van der Waals surface area contributed by atoms with E-state index in [2.05, 4.69) is 5.32 Å². The highest BCUT2D eigenvalue weighted by Crippen LogP contribution is 2.15. The maximum Gasteiger partial charge on any atom is 0.222 e. The molecular formula is C10H12F2N2O. The van der Waals surface area contributed by atoms with E-state index in [1.807, 2.05) is 0 Å². The molecule has 0 aromatic heterocycles. The number of hydrogen-bond acceptors (Lipinski definition) is 2. The third-order valence-corrected chi connectivity index (χ3v) is 2.01. The highest BCUT2D eigenvalue weighted by Gasteiger charge is 2.09. The van der Waals surface area contributed by atoms with Crippen LogP contribution in [0.4, 0.5) is 14.5 Å². The second kappa shape index (κ2) is 4.72. The summed E-state index contributed by atoms with van der Waals surface area (Å²) in [6.45, 7) is 1.78. The average Bonchev–Trinajstić information content (AvgIpc) is 2.18. The van der Waals surface area contributed by atoms with Gasteiger partial charge in [0.1, 0.15) is 11.6 Å². The molecular weight excluding hydrogens is 202 g/mol. The first kappa shape index (κ1) is 11.4. The molecule has 0 heterocycles. The number of carbonyl (C=O) groups excluding carboxylic acids is 1. The maximum absolute atomic E-state index is 13.1. The molecule has 5 heteroatoms. The van der Waals surface area contributed by atoms with Crippen molar-refractivity contribution in [2.24, 2.45) is 11.7 Å². The molecule has 0 radical (unpaired) electrons. The fraction of sp³-hybridized carbons (Fsp3) is 0.300. The molecule has 0 saturated carbocycles. The third kappa shape index (κ3) is 3.19. The standard InChI is InChI=1S/C10H12F2N2O/c1-6(10(13)15)5-14-9-4-7(11)2-3-8(9)12/h2-4,6,14H,5H2,1H3,(H2,13,15). The molecule has 0 aliphatic carbocycles. The van der Waals surface area contributed by atoms with Crippen LogP contribution in [0, 0.1) is 17.6 Å². The van der Waals surface area contributed by atoms with Gasteiger partial charge in [0.25, 0.3) is 0 Å². The number of amides is 1. The molecule has 0 bridgehead atoms. The third-order valence-electron chi connectivity index (χ3n) is 2.01. The van der Waals surface area contributed by atoms with Crippen LogP contribution in [-0.2, 0) is 4.79 Å². The molecule has 1 unspecified atom stereocenters. The summed E-state index contributed by atoms with van der Waals surface area (Å²) in [5.74, 6) is -2.02. The highest BCUT2D eigenvalue weighted by molar-refractivity contribution is 5.76. The van der Waals surface area contributed by atoms with Gasteiger partial charge in [-0.25, -0.2) is 8.78 Å². The van der Waals surface area contributed by atoms with Crippen LogP contribution < -0.4 is 11.1 Å². The Balaban J connectivity index is 2.65. The van der Waals surface area contributed by atoms with Gasteiger partial charge >= 0.3 is 0 Å². The fourth-order valence-corrected chi connectivity index (χ4v) is 0.997. The van der Waals surface area contributed by atoms with Gasteiger partial charge in [0.05, 0.1) is 11.6 Å². The summed E-state index contributed by atoms with van der Waals surface area (Å²) in [4.78, 5) is 10.7. The first-order valence-electron chi connectivity index (χ1n) is 4.49. The minimum absolute atomic E-state index is 0.0306. The molecule has 0 fully saturated rings. The Morgan fingerprint density at radius 3 is 2.80 bits per heavy atom. The summed E-state index contributed by atoms with van der Waals surface area (Å²) in [5, 5.41) is 2.62. The molecule has 0 spiro atoms. The Morgan fingerprint density at radius 2 is 2.20 bits per heavy atom. The van der Waals surface area contributed by atoms with Crippen LogP contribution in [0.2, 0.25) is 0 Å². The van der Waals surface area contributed by atoms with Gasteiger partial charge in [-0.2, -0.15) is 0 Å². The minimum atomic E-state index is -0.562. The number of rotatable bonds is 4. The van der Waals surface area contributed by atoms with E-state index in [1.165, 1.54) is 0 Å². The predicted octanol–water partition coefficient (Wildman–Crippen LogP) is 1.50. The number of anilines is 1. The van der Waals surface area contributed by atoms with E-state index in [0.29, 0.717) is 0 Å². The van der Waals surface area contributed by atoms with Crippen molar-refractivity contribution < 1.29 is 13.6 Å². The summed E-state index contributed by atoms with van der Waals surface area (Å²) in [6, 6.07) is 3.08. The molecule has 1 amide bonds. The van der Waals surface area contributed by atoms with Crippen molar-refractivity contribution in [3.05, 3.63) is 29.8 Å². The van der Waals surface area contributed by atoms with Crippen molar-refractivity contribution in [2.75, 3.05) is 11.9 Å². The van der Waals surface area contributed by atoms with E-state index in [9.17, 15) is 13.6 Å². The number of hydrogen-bond donors (Lipinski definition) is 2. The molecule has 82 valence electrons. The first-order valence-corrected chi connectivity index (χ1v) is 4.49. The number of carbonyl (C=O) groups is 1. The molecule has 3 nitrogen and oxygen atoms in total. The quantitative estimate of drug-likeness (QED) is 0.798. The molecule has 1 atom stereocenters. The number of nitrogens with two attached hydrogens (primary N) is 1. The van der Waals surface area contributed by atoms with Crippen molar-refractivity contribution in [1.82, 2.24) is 0 Å². The van der Waals surface area contributed by atoms with Gasteiger partial charge in [0, 0.05) is 6.54 Å². The summed E-state index contributed by atoms with van der Waals surface area (Å²) in [7, 11) is 0. The zero-order valence-corrected chi connectivity index (χ0v) is 8.26. The van der Waals surface area contributed by atoms with Crippen molar-refractivity contribution >= 4 is 11.6 Å². The van der Waals surface area contributed by atoms with Gasteiger partial charge in [-0.1, -0.05) is 6.92 Å². The monoisotopic (exact) mass is 214 g/mol. The van der Waals surface area contributed by atoms with E-state index in [1.54, 1.807) is 6.92 Å². The Bertz CT molecular complexity index is 368. The van der Waals surface area contributed by atoms with E-state index >= 15 is 0 Å². The second-order valence-electron chi connectivity index (χ2n) is 3.31. The second-order valence-corrected chi connectivity index (χ2v) is 3.31. The average molecular weight is 214 g/mol. The lowest BCUT2D eigenvalue weighted by atomic mass is 10.1. The lowest BCUT2D eigenvalue weighted by molar-refractivity contribution is -0.120. The lowest BCUT2D eigenvalue weighted by Gasteiger charge is -2.10. The zero-order chi connectivity index (χ0) is 11.4. The normalized spacial score (nSPS) is 12.2. The van der Waals surface area contributed by atoms with E-state index < -0.39 is 23.5 Å². The molecule has 1 rings (SSSR count). The Morgan fingerprint density at radius 1 is 1.53 bits per heavy atom. The number of halogens is 2. The van der Waals surface area contributed by atoms with Gasteiger partial charge in [-0.15, -0.1) is 0 Å². The van der Waals surface area contributed by atoms with E-state index in [0.717, 1.165) is 18.2 Å². The summed E-state index contributed by atoms with van der Waals surface area (Å²) < 4.78 is 25.8. The van der Waals surface area contributed by atoms with Gasteiger partial charge in [-0.05, 0) is 18.2 Å². The van der Waals surface area contributed by atoms with Crippen molar-refractivity contribution in [3.63, 3.8) is 0 Å². The summed E-state index contributed by atoms with van der Waals surface area (Å²) >= 11 is 0. The molecule has 0 saturated heterocycles. The van der Waals surface area contributed by atoms with Crippen LogP contribution >= 0.6 is 0 Å². The number of primary amides is 1. The van der Waals surface area contributed by atoms with Gasteiger partial charge in [0.15, 0.2) is 0 Å². The van der Waals surface area contributed by atoms with Crippen LogP contribution in [-0.4, -0.2) is 12.5 Å². The Kier molecular flexibility index (Phi) is 3.60. The first-order chi connectivity index (χ1) is 7.00. The van der Waals surface area contributed by atoms with E-state index in [-0.39, 0.29) is 12.2 Å². The topological polar surface area (TPSA) is 55.1 Å². The van der Waals surface area contributed by atoms with Gasteiger partial charge in [-0.3, -0.25) is 4.79 Å². The van der Waals surface area contributed by atoms with Crippen LogP contribution in [0.1, 0.15) is 6.92 Å². The molecule has 1 aromatic rings. The Labute approximate surface area is 86.3 Å². The molecule has 0 aliphatic heterocycles. The fourth-order valence-electron chi connectivity index (χ4n) is 0.997. The molecule has 3 N–H and O–H groups in total. The highest BCUT2D eigenvalue weighted by atomic mass is 19.1. The van der Waals surface area contributed by atoms with Crippen molar-refractivity contribution in [2.45, 2.75) is 6.92 Å². The molecule has 15 heavy (non-hydrogen) atoms. The van der Waals surface area contributed by atoms with Crippen LogP contribution in [0.5, 0.6) is 0 Å². The molecule has 0 aliphatic rings. The number of benzene rings is 1. The van der Waals surface area contributed by atoms with Gasteiger partial charge in [0.2, 0.25) is 5.91 Å². The maximum atomic E-state index is 13.1. The largest absolute Gasteiger partial charge is 0.382 e. The Hall–Kier alpha value is -1.65. The lowest BCUT2D eigenvalue weighted by Crippen LogP contribution is -2.27. The minimum Gasteiger partial charge on any atom is -0.382 e. The molecule has 1 aromatic carbocycles. The summed E-state index contributed by atoms with van der Waals surface area (Å²) in [5.41, 5.74) is 5.05. The predicted molar refractivity (Wildman–Crippen MR) is 53.2 cm³/mol. The zero-order valence-electron chi connectivity index (χ0n) is 8.26. The smallest absolute Gasteiger partial charge is 0.222 e. The number of nitrogens with one attached hydrogen (secondary N) is 1. The van der Waals surface area contributed by atoms with E-state index in [4.69, 9.17) is 5.73 Å². The van der Waals surface area contributed by atoms with Crippen LogP contribution in [0.3, 0.4) is 0 Å². The summed E-state index contributed by atoms with van der Waals surface area (Å²) in [6.07, 6.45) is 0. The van der Waals surface area contributed by atoms with Crippen molar-refractivity contribution in [1.29, 1.82) is 0 Å². The van der Waals surface area contributed by atoms with Gasteiger partial charge < -0.3 is 11.1 Å². The van der Waals surface area contributed by atoms with Crippen molar-refractivity contribution in [3.8, 4) is 0 Å². The SMILES string of the molecule is CC(CNc1cc(F)ccc1F)C(N)=O. The van der Waals surface area contributed by atoms with Crippen LogP contribution in [0.15, 0.2) is 18.2 Å². The van der Waals surface area contributed by atoms with Crippen LogP contribution in [0.25, 0.3) is 0 Å².